The van der Waals surface area contributed by atoms with Crippen LogP contribution in [0.25, 0.3) is 0 Å². The molecule has 2 saturated heterocycles. The summed E-state index contributed by atoms with van der Waals surface area (Å²) >= 11 is 0. The number of carbonyl (C=O) groups is 1. The minimum Gasteiger partial charge on any atom is -0.360 e. The second-order valence-corrected chi connectivity index (χ2v) is 6.38. The van der Waals surface area contributed by atoms with E-state index in [1.165, 1.54) is 17.0 Å². The molecule has 120 valence electrons. The quantitative estimate of drug-likeness (QED) is 0.883. The second-order valence-electron chi connectivity index (χ2n) is 6.38. The predicted octanol–water partition coefficient (Wildman–Crippen LogP) is 0.542. The van der Waals surface area contributed by atoms with Crippen molar-refractivity contribution in [1.29, 1.82) is 0 Å². The van der Waals surface area contributed by atoms with Crippen LogP contribution in [-0.2, 0) is 4.79 Å². The van der Waals surface area contributed by atoms with Crippen molar-refractivity contribution in [2.75, 3.05) is 44.2 Å². The molecule has 5 heteroatoms. The van der Waals surface area contributed by atoms with E-state index in [0.29, 0.717) is 5.91 Å². The number of carbonyl (C=O) groups excluding carboxylic acids is 1. The molecule has 2 heterocycles. The van der Waals surface area contributed by atoms with E-state index in [2.05, 4.69) is 11.8 Å². The summed E-state index contributed by atoms with van der Waals surface area (Å²) in [6.45, 7) is 7.66. The van der Waals surface area contributed by atoms with Crippen LogP contribution in [0.2, 0.25) is 0 Å². The number of nitrogens with one attached hydrogen (secondary N) is 1. The number of amides is 1. The second kappa shape index (κ2) is 6.65. The van der Waals surface area contributed by atoms with E-state index < -0.39 is 0 Å². The number of quaternary nitrogens is 1. The van der Waals surface area contributed by atoms with E-state index in [1.807, 2.05) is 17.0 Å². The zero-order valence-electron chi connectivity index (χ0n) is 13.2. The van der Waals surface area contributed by atoms with Gasteiger partial charge in [0.15, 0.2) is 6.04 Å². The molecule has 1 aromatic rings. The lowest BCUT2D eigenvalue weighted by molar-refractivity contribution is -0.915. The van der Waals surface area contributed by atoms with Crippen LogP contribution in [0.5, 0.6) is 0 Å². The highest BCUT2D eigenvalue weighted by molar-refractivity contribution is 5.80. The molecule has 2 fully saturated rings. The Morgan fingerprint density at radius 2 is 1.68 bits per heavy atom. The summed E-state index contributed by atoms with van der Waals surface area (Å²) in [4.78, 5) is 18.1. The van der Waals surface area contributed by atoms with Crippen molar-refractivity contribution in [3.8, 4) is 0 Å². The van der Waals surface area contributed by atoms with Crippen LogP contribution >= 0.6 is 0 Å². The van der Waals surface area contributed by atoms with Gasteiger partial charge < -0.3 is 14.7 Å². The number of hydrogen-bond donors (Lipinski definition) is 1. The monoisotopic (exact) mass is 306 g/mol. The molecule has 0 saturated carbocycles. The van der Waals surface area contributed by atoms with Crippen LogP contribution in [0.4, 0.5) is 10.1 Å². The molecule has 4 nitrogen and oxygen atoms in total. The number of likely N-dealkylation sites (tertiary alicyclic amines) is 1. The largest absolute Gasteiger partial charge is 0.360 e. The lowest BCUT2D eigenvalue weighted by Crippen LogP contribution is -3.19. The van der Waals surface area contributed by atoms with Gasteiger partial charge in [-0.2, -0.15) is 0 Å². The Labute approximate surface area is 131 Å². The Bertz CT molecular complexity index is 505. The van der Waals surface area contributed by atoms with Crippen molar-refractivity contribution >= 4 is 11.6 Å². The predicted molar refractivity (Wildman–Crippen MR) is 84.6 cm³/mol. The molecule has 0 radical (unpaired) electrons. The highest BCUT2D eigenvalue weighted by Gasteiger charge is 2.32. The van der Waals surface area contributed by atoms with Crippen molar-refractivity contribution in [2.24, 2.45) is 0 Å². The summed E-state index contributed by atoms with van der Waals surface area (Å²) < 4.78 is 13.0. The normalized spacial score (nSPS) is 21.2. The first-order chi connectivity index (χ1) is 10.6. The summed E-state index contributed by atoms with van der Waals surface area (Å²) in [6, 6.07) is 6.73. The summed E-state index contributed by atoms with van der Waals surface area (Å²) in [5.41, 5.74) is 1.07. The fraction of sp³-hybridized carbons (Fsp3) is 0.588. The highest BCUT2D eigenvalue weighted by Crippen LogP contribution is 2.14. The zero-order valence-corrected chi connectivity index (χ0v) is 13.2. The van der Waals surface area contributed by atoms with Gasteiger partial charge in [0.05, 0.1) is 26.2 Å². The molecule has 0 unspecified atom stereocenters. The fourth-order valence-electron chi connectivity index (χ4n) is 3.52. The van der Waals surface area contributed by atoms with E-state index in [-0.39, 0.29) is 11.9 Å². The minimum atomic E-state index is -0.196. The maximum atomic E-state index is 13.0. The molecule has 0 aromatic heterocycles. The van der Waals surface area contributed by atoms with Gasteiger partial charge in [-0.1, -0.05) is 0 Å². The van der Waals surface area contributed by atoms with Gasteiger partial charge in [-0.15, -0.1) is 0 Å². The van der Waals surface area contributed by atoms with Crippen molar-refractivity contribution in [1.82, 2.24) is 4.90 Å². The molecule has 1 aromatic carbocycles. The van der Waals surface area contributed by atoms with Crippen LogP contribution in [0, 0.1) is 5.82 Å². The van der Waals surface area contributed by atoms with Gasteiger partial charge in [0, 0.05) is 18.8 Å². The van der Waals surface area contributed by atoms with Gasteiger partial charge in [-0.3, -0.25) is 4.79 Å². The van der Waals surface area contributed by atoms with Crippen molar-refractivity contribution in [3.05, 3.63) is 30.1 Å². The molecule has 2 aliphatic rings. The van der Waals surface area contributed by atoms with Crippen LogP contribution < -0.4 is 9.80 Å². The van der Waals surface area contributed by atoms with Gasteiger partial charge >= 0.3 is 0 Å². The summed E-state index contributed by atoms with van der Waals surface area (Å²) in [7, 11) is 0. The van der Waals surface area contributed by atoms with Crippen LogP contribution in [0.1, 0.15) is 19.8 Å². The Morgan fingerprint density at radius 3 is 2.27 bits per heavy atom. The van der Waals surface area contributed by atoms with E-state index >= 15 is 0 Å². The highest BCUT2D eigenvalue weighted by atomic mass is 19.1. The molecule has 2 aliphatic heterocycles. The van der Waals surface area contributed by atoms with Crippen molar-refractivity contribution in [2.45, 2.75) is 25.8 Å². The molecule has 1 N–H and O–H groups in total. The summed E-state index contributed by atoms with van der Waals surface area (Å²) in [5, 5.41) is 0. The van der Waals surface area contributed by atoms with Crippen molar-refractivity contribution < 1.29 is 14.1 Å². The SMILES string of the molecule is C[C@H](C(=O)N1CCCC1)[NH+]1CCN(c2ccc(F)cc2)CC1. The number of halogens is 1. The Morgan fingerprint density at radius 1 is 1.09 bits per heavy atom. The lowest BCUT2D eigenvalue weighted by Gasteiger charge is -2.36. The minimum absolute atomic E-state index is 0.0495. The number of anilines is 1. The van der Waals surface area contributed by atoms with Crippen LogP contribution in [0.3, 0.4) is 0 Å². The number of piperazine rings is 1. The number of nitrogens with zero attached hydrogens (tertiary/aromatic N) is 2. The smallest absolute Gasteiger partial charge is 0.280 e. The molecule has 1 atom stereocenters. The Hall–Kier alpha value is -1.62. The van der Waals surface area contributed by atoms with Gasteiger partial charge in [0.1, 0.15) is 5.82 Å². The van der Waals surface area contributed by atoms with Crippen LogP contribution in [-0.4, -0.2) is 56.1 Å². The third-order valence-electron chi connectivity index (χ3n) is 5.00. The standard InChI is InChI=1S/C17H24FN3O/c1-14(17(22)21-8-2-3-9-21)19-10-12-20(13-11-19)16-6-4-15(18)5-7-16/h4-7,14H,2-3,8-13H2,1H3/p+1/t14-/m1/s1. The molecule has 0 aliphatic carbocycles. The van der Waals surface area contributed by atoms with E-state index in [0.717, 1.165) is 57.8 Å². The average Bonchev–Trinajstić information content (AvgIpc) is 3.09. The first-order valence-electron chi connectivity index (χ1n) is 8.29. The summed E-state index contributed by atoms with van der Waals surface area (Å²) in [6.07, 6.45) is 2.29. The Balaban J connectivity index is 1.54. The first kappa shape index (κ1) is 15.3. The fourth-order valence-corrected chi connectivity index (χ4v) is 3.52. The number of rotatable bonds is 3. The van der Waals surface area contributed by atoms with Gasteiger partial charge in [0.25, 0.3) is 5.91 Å². The van der Waals surface area contributed by atoms with Gasteiger partial charge in [0.2, 0.25) is 0 Å². The molecule has 22 heavy (non-hydrogen) atoms. The van der Waals surface area contributed by atoms with Gasteiger partial charge in [-0.05, 0) is 44.0 Å². The van der Waals surface area contributed by atoms with Gasteiger partial charge in [-0.25, -0.2) is 4.39 Å². The summed E-state index contributed by atoms with van der Waals surface area (Å²) in [5.74, 6) is 0.112. The van der Waals surface area contributed by atoms with E-state index in [1.54, 1.807) is 0 Å². The zero-order chi connectivity index (χ0) is 15.5. The molecular formula is C17H25FN3O+. The van der Waals surface area contributed by atoms with Crippen LogP contribution in [0.15, 0.2) is 24.3 Å². The Kier molecular flexibility index (Phi) is 4.62. The lowest BCUT2D eigenvalue weighted by atomic mass is 10.2. The van der Waals surface area contributed by atoms with Crippen molar-refractivity contribution in [3.63, 3.8) is 0 Å². The first-order valence-corrected chi connectivity index (χ1v) is 8.29. The third kappa shape index (κ3) is 3.24. The maximum Gasteiger partial charge on any atom is 0.280 e. The maximum absolute atomic E-state index is 13.0. The molecule has 3 rings (SSSR count). The average molecular weight is 306 g/mol. The number of benzene rings is 1. The third-order valence-corrected chi connectivity index (χ3v) is 5.00. The molecule has 0 spiro atoms. The molecule has 1 amide bonds. The topological polar surface area (TPSA) is 28.0 Å². The molecule has 0 bridgehead atoms. The van der Waals surface area contributed by atoms with E-state index in [4.69, 9.17) is 0 Å². The van der Waals surface area contributed by atoms with E-state index in [9.17, 15) is 9.18 Å². The number of hydrogen-bond acceptors (Lipinski definition) is 2. The molecular weight excluding hydrogens is 281 g/mol.